The van der Waals surface area contributed by atoms with Gasteiger partial charge in [0.1, 0.15) is 0 Å². The lowest BCUT2D eigenvalue weighted by Crippen LogP contribution is -2.43. The molecule has 0 bridgehead atoms. The minimum Gasteiger partial charge on any atom is -0.394 e. The lowest BCUT2D eigenvalue weighted by Gasteiger charge is -2.39. The highest BCUT2D eigenvalue weighted by Gasteiger charge is 2.32. The number of rotatable bonds is 7. The van der Waals surface area contributed by atoms with Crippen LogP contribution in [0.3, 0.4) is 0 Å². The summed E-state index contributed by atoms with van der Waals surface area (Å²) in [6.07, 6.45) is 6.66. The first-order chi connectivity index (χ1) is 8.80. The van der Waals surface area contributed by atoms with Crippen molar-refractivity contribution in [3.05, 3.63) is 0 Å². The number of hydrogen-bond donors (Lipinski definition) is 2. The molecule has 3 heteroatoms. The van der Waals surface area contributed by atoms with Gasteiger partial charge in [-0.25, -0.2) is 0 Å². The van der Waals surface area contributed by atoms with Crippen LogP contribution in [0.1, 0.15) is 66.2 Å². The van der Waals surface area contributed by atoms with Crippen molar-refractivity contribution in [2.45, 2.75) is 77.9 Å². The van der Waals surface area contributed by atoms with E-state index >= 15 is 0 Å². The van der Waals surface area contributed by atoms with Crippen molar-refractivity contribution in [2.24, 2.45) is 17.1 Å². The van der Waals surface area contributed by atoms with Crippen molar-refractivity contribution in [3.63, 3.8) is 0 Å². The molecular formula is C16H33NO2. The van der Waals surface area contributed by atoms with Gasteiger partial charge >= 0.3 is 0 Å². The maximum absolute atomic E-state index is 9.27. The molecule has 0 aromatic rings. The molecule has 1 aliphatic rings. The quantitative estimate of drug-likeness (QED) is 0.700. The lowest BCUT2D eigenvalue weighted by atomic mass is 9.71. The Morgan fingerprint density at radius 1 is 1.37 bits per heavy atom. The van der Waals surface area contributed by atoms with Crippen LogP contribution < -0.4 is 5.73 Å². The van der Waals surface area contributed by atoms with Crippen molar-refractivity contribution in [3.8, 4) is 0 Å². The van der Waals surface area contributed by atoms with Crippen LogP contribution >= 0.6 is 0 Å². The van der Waals surface area contributed by atoms with Crippen molar-refractivity contribution in [2.75, 3.05) is 13.2 Å². The number of hydrogen-bond acceptors (Lipinski definition) is 3. The summed E-state index contributed by atoms with van der Waals surface area (Å²) in [5, 5.41) is 9.27. The number of ether oxygens (including phenoxy) is 1. The van der Waals surface area contributed by atoms with E-state index in [1.807, 2.05) is 6.92 Å². The molecule has 0 radical (unpaired) electrons. The molecule has 0 amide bonds. The van der Waals surface area contributed by atoms with Gasteiger partial charge in [0.25, 0.3) is 0 Å². The summed E-state index contributed by atoms with van der Waals surface area (Å²) in [7, 11) is 0. The first-order valence-corrected chi connectivity index (χ1v) is 7.81. The molecule has 3 N–H and O–H groups in total. The molecule has 1 saturated carbocycles. The van der Waals surface area contributed by atoms with Crippen LogP contribution in [0.5, 0.6) is 0 Å². The SMILES string of the molecule is CCC(N)(CO)CCCOC1CC(C)CC(C)(C)C1. The molecule has 1 aliphatic carbocycles. The molecular weight excluding hydrogens is 238 g/mol. The van der Waals surface area contributed by atoms with Crippen LogP contribution in [0.2, 0.25) is 0 Å². The number of nitrogens with two attached hydrogens (primary N) is 1. The van der Waals surface area contributed by atoms with Crippen LogP contribution in [0.25, 0.3) is 0 Å². The van der Waals surface area contributed by atoms with Gasteiger partial charge in [-0.15, -0.1) is 0 Å². The van der Waals surface area contributed by atoms with Gasteiger partial charge in [-0.3, -0.25) is 0 Å². The Labute approximate surface area is 118 Å². The highest BCUT2D eigenvalue weighted by atomic mass is 16.5. The molecule has 3 atom stereocenters. The molecule has 114 valence electrons. The monoisotopic (exact) mass is 271 g/mol. The Balaban J connectivity index is 2.26. The molecule has 1 rings (SSSR count). The summed E-state index contributed by atoms with van der Waals surface area (Å²) in [6, 6.07) is 0. The van der Waals surface area contributed by atoms with Gasteiger partial charge in [-0.05, 0) is 49.9 Å². The smallest absolute Gasteiger partial charge is 0.0611 e. The van der Waals surface area contributed by atoms with E-state index in [9.17, 15) is 5.11 Å². The van der Waals surface area contributed by atoms with Gasteiger partial charge in [0, 0.05) is 12.1 Å². The Morgan fingerprint density at radius 2 is 2.05 bits per heavy atom. The molecule has 0 heterocycles. The summed E-state index contributed by atoms with van der Waals surface area (Å²) >= 11 is 0. The molecule has 0 aromatic carbocycles. The van der Waals surface area contributed by atoms with Crippen molar-refractivity contribution < 1.29 is 9.84 Å². The van der Waals surface area contributed by atoms with Gasteiger partial charge in [0.15, 0.2) is 0 Å². The van der Waals surface area contributed by atoms with Crippen LogP contribution in [-0.2, 0) is 4.74 Å². The predicted octanol–water partition coefficient (Wildman–Crippen LogP) is 3.10. The third kappa shape index (κ3) is 5.80. The van der Waals surface area contributed by atoms with Gasteiger partial charge in [0.05, 0.1) is 12.7 Å². The fourth-order valence-corrected chi connectivity index (χ4v) is 3.43. The topological polar surface area (TPSA) is 55.5 Å². The highest BCUT2D eigenvalue weighted by molar-refractivity contribution is 4.84. The Bertz CT molecular complexity index is 261. The summed E-state index contributed by atoms with van der Waals surface area (Å²) < 4.78 is 6.04. The van der Waals surface area contributed by atoms with E-state index in [-0.39, 0.29) is 6.61 Å². The van der Waals surface area contributed by atoms with E-state index in [4.69, 9.17) is 10.5 Å². The van der Waals surface area contributed by atoms with E-state index in [1.54, 1.807) is 0 Å². The zero-order chi connectivity index (χ0) is 14.5. The molecule has 19 heavy (non-hydrogen) atoms. The van der Waals surface area contributed by atoms with Crippen LogP contribution in [0.15, 0.2) is 0 Å². The van der Waals surface area contributed by atoms with E-state index in [0.717, 1.165) is 31.8 Å². The summed E-state index contributed by atoms with van der Waals surface area (Å²) in [6.45, 7) is 9.87. The van der Waals surface area contributed by atoms with Gasteiger partial charge in [-0.2, -0.15) is 0 Å². The van der Waals surface area contributed by atoms with Crippen molar-refractivity contribution in [1.82, 2.24) is 0 Å². The third-order valence-electron chi connectivity index (χ3n) is 4.54. The van der Waals surface area contributed by atoms with Gasteiger partial charge in [-0.1, -0.05) is 27.7 Å². The minimum absolute atomic E-state index is 0.0665. The number of aliphatic hydroxyl groups is 1. The summed E-state index contributed by atoms with van der Waals surface area (Å²) in [5.74, 6) is 0.760. The number of aliphatic hydroxyl groups excluding tert-OH is 1. The Morgan fingerprint density at radius 3 is 2.58 bits per heavy atom. The van der Waals surface area contributed by atoms with Crippen LogP contribution in [0, 0.1) is 11.3 Å². The maximum atomic E-state index is 9.27. The molecule has 3 nitrogen and oxygen atoms in total. The normalized spacial score (nSPS) is 30.0. The highest BCUT2D eigenvalue weighted by Crippen LogP contribution is 2.39. The van der Waals surface area contributed by atoms with Crippen molar-refractivity contribution >= 4 is 0 Å². The van der Waals surface area contributed by atoms with E-state index in [1.165, 1.54) is 19.3 Å². The van der Waals surface area contributed by atoms with E-state index in [0.29, 0.717) is 11.5 Å². The lowest BCUT2D eigenvalue weighted by molar-refractivity contribution is -0.0257. The third-order valence-corrected chi connectivity index (χ3v) is 4.54. The largest absolute Gasteiger partial charge is 0.394 e. The second-order valence-electron chi connectivity index (χ2n) is 7.38. The zero-order valence-electron chi connectivity index (χ0n) is 13.2. The fraction of sp³-hybridized carbons (Fsp3) is 1.00. The fourth-order valence-electron chi connectivity index (χ4n) is 3.43. The summed E-state index contributed by atoms with van der Waals surface area (Å²) in [5.41, 5.74) is 6.07. The van der Waals surface area contributed by atoms with Crippen LogP contribution in [-0.4, -0.2) is 30.0 Å². The molecule has 0 aromatic heterocycles. The molecule has 1 fully saturated rings. The van der Waals surface area contributed by atoms with Crippen LogP contribution in [0.4, 0.5) is 0 Å². The maximum Gasteiger partial charge on any atom is 0.0611 e. The minimum atomic E-state index is -0.414. The first kappa shape index (κ1) is 16.9. The van der Waals surface area contributed by atoms with Gasteiger partial charge in [0.2, 0.25) is 0 Å². The summed E-state index contributed by atoms with van der Waals surface area (Å²) in [4.78, 5) is 0. The molecule has 3 unspecified atom stereocenters. The first-order valence-electron chi connectivity index (χ1n) is 7.81. The molecule has 0 aliphatic heterocycles. The average Bonchev–Trinajstić information content (AvgIpc) is 2.32. The predicted molar refractivity (Wildman–Crippen MR) is 80.1 cm³/mol. The Hall–Kier alpha value is -0.120. The molecule has 0 saturated heterocycles. The average molecular weight is 271 g/mol. The van der Waals surface area contributed by atoms with E-state index in [2.05, 4.69) is 20.8 Å². The second kappa shape index (κ2) is 7.05. The second-order valence-corrected chi connectivity index (χ2v) is 7.38. The van der Waals surface area contributed by atoms with E-state index < -0.39 is 5.54 Å². The van der Waals surface area contributed by atoms with Crippen molar-refractivity contribution in [1.29, 1.82) is 0 Å². The Kier molecular flexibility index (Phi) is 6.28. The standard InChI is InChI=1S/C16H33NO2/c1-5-16(17,12-18)7-6-8-19-14-9-13(2)10-15(3,4)11-14/h13-14,18H,5-12,17H2,1-4H3. The molecule has 0 spiro atoms. The zero-order valence-corrected chi connectivity index (χ0v) is 13.2. The van der Waals surface area contributed by atoms with Gasteiger partial charge < -0.3 is 15.6 Å².